The van der Waals surface area contributed by atoms with Crippen LogP contribution in [0.4, 0.5) is 11.4 Å². The van der Waals surface area contributed by atoms with Gasteiger partial charge in [-0.05, 0) is 30.3 Å². The van der Waals surface area contributed by atoms with Crippen molar-refractivity contribution in [3.8, 4) is 22.8 Å². The largest absolute Gasteiger partial charge is 0.454 e. The molecule has 0 saturated heterocycles. The van der Waals surface area contributed by atoms with Crippen molar-refractivity contribution in [2.45, 2.75) is 0 Å². The van der Waals surface area contributed by atoms with Gasteiger partial charge in [0.25, 0.3) is 5.69 Å². The van der Waals surface area contributed by atoms with Crippen molar-refractivity contribution in [2.24, 2.45) is 10.1 Å². The number of nitro groups is 1. The van der Waals surface area contributed by atoms with Gasteiger partial charge in [-0.2, -0.15) is 5.10 Å². The normalized spacial score (nSPS) is 13.1. The molecule has 0 amide bonds. The number of fused-ring (bicyclic) bond motifs is 1. The fourth-order valence-electron chi connectivity index (χ4n) is 3.19. The first kappa shape index (κ1) is 20.9. The number of pyridine rings is 1. The molecule has 0 saturated carbocycles. The molecular weight excluding hydrogens is 466 g/mol. The Balaban J connectivity index is 1.66. The highest BCUT2D eigenvalue weighted by atomic mass is 35.5. The molecule has 4 aromatic rings. The van der Waals surface area contributed by atoms with E-state index in [-0.39, 0.29) is 18.0 Å². The van der Waals surface area contributed by atoms with Crippen molar-refractivity contribution >= 4 is 40.5 Å². The number of benzene rings is 2. The van der Waals surface area contributed by atoms with Gasteiger partial charge in [0.2, 0.25) is 11.6 Å². The molecule has 0 N–H and O–H groups in total. The molecule has 3 heterocycles. The molecule has 2 aromatic heterocycles. The third-order valence-corrected chi connectivity index (χ3v) is 5.76. The first-order chi connectivity index (χ1) is 16.1. The van der Waals surface area contributed by atoms with E-state index < -0.39 is 4.92 Å². The fraction of sp³-hybridized carbons (Fsp3) is 0.0455. The van der Waals surface area contributed by atoms with E-state index in [1.54, 1.807) is 29.2 Å². The summed E-state index contributed by atoms with van der Waals surface area (Å²) in [6, 6.07) is 13.8. The van der Waals surface area contributed by atoms with E-state index in [4.69, 9.17) is 21.1 Å². The lowest BCUT2D eigenvalue weighted by atomic mass is 10.1. The van der Waals surface area contributed by atoms with Crippen LogP contribution in [0.25, 0.3) is 11.3 Å². The maximum Gasteiger partial charge on any atom is 0.282 e. The van der Waals surface area contributed by atoms with Gasteiger partial charge in [0.1, 0.15) is 0 Å². The zero-order valence-corrected chi connectivity index (χ0v) is 18.4. The topological polar surface area (TPSA) is 104 Å². The van der Waals surface area contributed by atoms with E-state index in [1.165, 1.54) is 29.7 Å². The minimum Gasteiger partial charge on any atom is -0.454 e. The smallest absolute Gasteiger partial charge is 0.282 e. The molecule has 0 spiro atoms. The summed E-state index contributed by atoms with van der Waals surface area (Å²) in [6.07, 6.45) is 4.70. The maximum atomic E-state index is 11.6. The molecule has 164 valence electrons. The maximum absolute atomic E-state index is 11.6. The molecule has 5 rings (SSSR count). The quantitative estimate of drug-likeness (QED) is 0.227. The van der Waals surface area contributed by atoms with Gasteiger partial charge in [-0.25, -0.2) is 9.67 Å². The van der Waals surface area contributed by atoms with Gasteiger partial charge in [-0.3, -0.25) is 15.1 Å². The molecule has 0 unspecified atom stereocenters. The van der Waals surface area contributed by atoms with Crippen molar-refractivity contribution in [1.82, 2.24) is 9.66 Å². The number of nitrogens with zero attached hydrogens (tertiary/aromatic N) is 5. The van der Waals surface area contributed by atoms with E-state index in [0.29, 0.717) is 27.0 Å². The molecule has 9 nitrogen and oxygen atoms in total. The van der Waals surface area contributed by atoms with Gasteiger partial charge >= 0.3 is 0 Å². The molecule has 0 aliphatic carbocycles. The number of nitro benzene ring substituents is 1. The molecule has 2 aromatic carbocycles. The predicted molar refractivity (Wildman–Crippen MR) is 124 cm³/mol. The second kappa shape index (κ2) is 8.85. The number of hydrogen-bond acceptors (Lipinski definition) is 8. The molecule has 1 aliphatic heterocycles. The van der Waals surface area contributed by atoms with E-state index in [1.807, 2.05) is 29.6 Å². The van der Waals surface area contributed by atoms with Crippen LogP contribution in [0.1, 0.15) is 5.56 Å². The summed E-state index contributed by atoms with van der Waals surface area (Å²) >= 11 is 7.56. The number of rotatable bonds is 5. The Morgan fingerprint density at radius 1 is 1.18 bits per heavy atom. The Kier molecular flexibility index (Phi) is 5.59. The van der Waals surface area contributed by atoms with E-state index in [9.17, 15) is 10.1 Å². The molecular formula is C22H14ClN5O4S. The molecule has 0 bridgehead atoms. The van der Waals surface area contributed by atoms with E-state index in [2.05, 4.69) is 15.1 Å². The van der Waals surface area contributed by atoms with Crippen molar-refractivity contribution < 1.29 is 14.4 Å². The first-order valence-electron chi connectivity index (χ1n) is 9.62. The minimum absolute atomic E-state index is 0.0133. The fourth-order valence-corrected chi connectivity index (χ4v) is 4.24. The Hall–Kier alpha value is -4.02. The van der Waals surface area contributed by atoms with Crippen LogP contribution in [0.2, 0.25) is 5.02 Å². The van der Waals surface area contributed by atoms with Gasteiger partial charge in [0.15, 0.2) is 11.5 Å². The first-order valence-corrected chi connectivity index (χ1v) is 10.9. The van der Waals surface area contributed by atoms with Crippen LogP contribution in [-0.2, 0) is 0 Å². The standard InChI is InChI=1S/C22H14ClN5O4S/c23-16-4-1-3-14(7-16)19-12-33-22(26-17-5-2-6-24-11-17)27(19)25-10-15-8-20-21(32-13-31-20)9-18(15)28(29)30/h1-12H,13H2. The van der Waals surface area contributed by atoms with Crippen molar-refractivity contribution in [1.29, 1.82) is 0 Å². The molecule has 0 radical (unpaired) electrons. The summed E-state index contributed by atoms with van der Waals surface area (Å²) in [6.45, 7) is 0.0133. The Bertz CT molecular complexity index is 1450. The van der Waals surface area contributed by atoms with E-state index in [0.717, 1.165) is 11.3 Å². The second-order valence-corrected chi connectivity index (χ2v) is 8.09. The van der Waals surface area contributed by atoms with Crippen LogP contribution in [-0.4, -0.2) is 27.6 Å². The minimum atomic E-state index is -0.486. The molecule has 1 aliphatic rings. The van der Waals surface area contributed by atoms with Crippen LogP contribution >= 0.6 is 22.9 Å². The monoisotopic (exact) mass is 479 g/mol. The zero-order chi connectivity index (χ0) is 22.8. The van der Waals surface area contributed by atoms with Crippen molar-refractivity contribution in [3.63, 3.8) is 0 Å². The number of thiazole rings is 1. The SMILES string of the molecule is O=[N+]([O-])c1cc2c(cc1C=Nn1c(-c3cccc(Cl)c3)csc1=Nc1cccnc1)OCO2. The van der Waals surface area contributed by atoms with Gasteiger partial charge in [-0.1, -0.05) is 23.7 Å². The average Bonchev–Trinajstić information content (AvgIpc) is 3.44. The van der Waals surface area contributed by atoms with Crippen LogP contribution in [0, 0.1) is 10.1 Å². The Morgan fingerprint density at radius 2 is 2.03 bits per heavy atom. The third kappa shape index (κ3) is 4.34. The lowest BCUT2D eigenvalue weighted by molar-refractivity contribution is -0.385. The predicted octanol–water partition coefficient (Wildman–Crippen LogP) is 5.02. The second-order valence-electron chi connectivity index (χ2n) is 6.81. The third-order valence-electron chi connectivity index (χ3n) is 4.71. The highest BCUT2D eigenvalue weighted by Crippen LogP contribution is 2.37. The number of halogens is 1. The number of hydrogen-bond donors (Lipinski definition) is 0. The molecule has 0 fully saturated rings. The van der Waals surface area contributed by atoms with Crippen molar-refractivity contribution in [3.05, 3.63) is 91.8 Å². The lowest BCUT2D eigenvalue weighted by Gasteiger charge is -2.05. The van der Waals surface area contributed by atoms with Crippen LogP contribution in [0.3, 0.4) is 0 Å². The summed E-state index contributed by atoms with van der Waals surface area (Å²) in [7, 11) is 0. The van der Waals surface area contributed by atoms with Gasteiger partial charge < -0.3 is 9.47 Å². The van der Waals surface area contributed by atoms with Crippen LogP contribution in [0.5, 0.6) is 11.5 Å². The number of aromatic nitrogens is 2. The Labute approximate surface area is 196 Å². The van der Waals surface area contributed by atoms with Crippen LogP contribution < -0.4 is 14.3 Å². The molecule has 0 atom stereocenters. The van der Waals surface area contributed by atoms with Gasteiger partial charge in [0, 0.05) is 22.2 Å². The highest BCUT2D eigenvalue weighted by molar-refractivity contribution is 7.07. The summed E-state index contributed by atoms with van der Waals surface area (Å²) in [5, 5.41) is 18.6. The zero-order valence-electron chi connectivity index (χ0n) is 16.8. The highest BCUT2D eigenvalue weighted by Gasteiger charge is 2.22. The summed E-state index contributed by atoms with van der Waals surface area (Å²) in [5.74, 6) is 0.752. The van der Waals surface area contributed by atoms with Crippen LogP contribution in [0.15, 0.2) is 76.4 Å². The molecule has 33 heavy (non-hydrogen) atoms. The van der Waals surface area contributed by atoms with Gasteiger partial charge in [0.05, 0.1) is 40.3 Å². The molecule has 11 heteroatoms. The lowest BCUT2D eigenvalue weighted by Crippen LogP contribution is -2.11. The summed E-state index contributed by atoms with van der Waals surface area (Å²) in [5.41, 5.74) is 2.32. The summed E-state index contributed by atoms with van der Waals surface area (Å²) < 4.78 is 12.2. The Morgan fingerprint density at radius 3 is 2.79 bits per heavy atom. The summed E-state index contributed by atoms with van der Waals surface area (Å²) in [4.78, 5) is 20.4. The average molecular weight is 480 g/mol. The van der Waals surface area contributed by atoms with E-state index >= 15 is 0 Å². The number of ether oxygens (including phenoxy) is 2. The van der Waals surface area contributed by atoms with Gasteiger partial charge in [-0.15, -0.1) is 11.3 Å². The van der Waals surface area contributed by atoms with Crippen molar-refractivity contribution in [2.75, 3.05) is 6.79 Å².